The van der Waals surface area contributed by atoms with Gasteiger partial charge in [-0.2, -0.15) is 0 Å². The van der Waals surface area contributed by atoms with Crippen LogP contribution in [-0.2, 0) is 14.3 Å². The molecule has 2 aliphatic heterocycles. The maximum Gasteiger partial charge on any atom is 0.311 e. The van der Waals surface area contributed by atoms with E-state index >= 15 is 0 Å². The summed E-state index contributed by atoms with van der Waals surface area (Å²) in [6.45, 7) is 2.68. The lowest BCUT2D eigenvalue weighted by molar-refractivity contribution is -0.148. The Morgan fingerprint density at radius 1 is 1.03 bits per heavy atom. The Hall–Kier alpha value is -3.15. The van der Waals surface area contributed by atoms with Gasteiger partial charge in [0, 0.05) is 19.2 Å². The summed E-state index contributed by atoms with van der Waals surface area (Å²) in [6, 6.07) is 18.0. The smallest absolute Gasteiger partial charge is 0.311 e. The molecule has 0 aromatic heterocycles. The van der Waals surface area contributed by atoms with Crippen LogP contribution < -0.4 is 0 Å². The quantitative estimate of drug-likeness (QED) is 0.686. The van der Waals surface area contributed by atoms with Crippen LogP contribution in [0, 0.1) is 5.92 Å². The van der Waals surface area contributed by atoms with Gasteiger partial charge in [-0.05, 0) is 50.3 Å². The molecule has 0 radical (unpaired) electrons. The molecule has 0 unspecified atom stereocenters. The van der Waals surface area contributed by atoms with E-state index < -0.39 is 17.5 Å². The van der Waals surface area contributed by atoms with Crippen molar-refractivity contribution in [3.05, 3.63) is 71.8 Å². The summed E-state index contributed by atoms with van der Waals surface area (Å²) in [5.74, 6) is -1.29. The highest BCUT2D eigenvalue weighted by atomic mass is 16.5. The van der Waals surface area contributed by atoms with Crippen LogP contribution >= 0.6 is 0 Å². The summed E-state index contributed by atoms with van der Waals surface area (Å²) in [6.07, 6.45) is 2.49. The van der Waals surface area contributed by atoms with Gasteiger partial charge < -0.3 is 14.5 Å². The van der Waals surface area contributed by atoms with E-state index in [1.54, 1.807) is 35.9 Å². The molecule has 0 saturated carbocycles. The van der Waals surface area contributed by atoms with Crippen molar-refractivity contribution in [2.75, 3.05) is 20.2 Å². The van der Waals surface area contributed by atoms with Crippen LogP contribution in [0.5, 0.6) is 0 Å². The fourth-order valence-electron chi connectivity index (χ4n) is 5.30. The molecule has 0 aliphatic carbocycles. The van der Waals surface area contributed by atoms with Crippen molar-refractivity contribution >= 4 is 17.8 Å². The second-order valence-electron chi connectivity index (χ2n) is 8.67. The topological polar surface area (TPSA) is 66.9 Å². The van der Waals surface area contributed by atoms with E-state index in [9.17, 15) is 14.4 Å². The van der Waals surface area contributed by atoms with E-state index in [4.69, 9.17) is 4.74 Å². The lowest BCUT2D eigenvalue weighted by Crippen LogP contribution is -2.57. The first-order valence-electron chi connectivity index (χ1n) is 11.4. The van der Waals surface area contributed by atoms with Crippen molar-refractivity contribution in [3.63, 3.8) is 0 Å². The Labute approximate surface area is 189 Å². The molecule has 168 valence electrons. The molecule has 2 aromatic rings. The van der Waals surface area contributed by atoms with E-state index in [0.717, 1.165) is 18.4 Å². The first kappa shape index (κ1) is 22.1. The average Bonchev–Trinajstić information content (AvgIpc) is 3.11. The fourth-order valence-corrected chi connectivity index (χ4v) is 5.30. The number of esters is 1. The lowest BCUT2D eigenvalue weighted by atomic mass is 9.85. The molecule has 0 N–H and O–H groups in total. The third kappa shape index (κ3) is 3.78. The Bertz CT molecular complexity index is 978. The highest BCUT2D eigenvalue weighted by Crippen LogP contribution is 2.51. The summed E-state index contributed by atoms with van der Waals surface area (Å²) in [5.41, 5.74) is 0.277. The molecule has 1 spiro atoms. The molecule has 2 amide bonds. The van der Waals surface area contributed by atoms with Crippen molar-refractivity contribution in [1.82, 2.24) is 9.80 Å². The minimum atomic E-state index is -1.07. The van der Waals surface area contributed by atoms with Crippen LogP contribution in [0.3, 0.4) is 0 Å². The maximum absolute atomic E-state index is 14.0. The molecule has 3 atom stereocenters. The number of likely N-dealkylation sites (N-methyl/N-ethyl adjacent to an activating group) is 1. The van der Waals surface area contributed by atoms with Crippen LogP contribution in [-0.4, -0.2) is 53.3 Å². The number of rotatable bonds is 4. The number of hydrogen-bond acceptors (Lipinski definition) is 4. The molecule has 2 aromatic carbocycles. The standard InChI is InChI=1S/C26H30N2O4/c1-3-32-24(30)21-18-26(16-10-11-17-27(2)25(26)31)28(22(21)19-12-6-4-7-13-19)23(29)20-14-8-5-9-15-20/h4-9,12-15,21-22H,3,10-11,16-18H2,1-2H3/t21-,22-,26-/m0/s1. The van der Waals surface area contributed by atoms with Gasteiger partial charge >= 0.3 is 5.97 Å². The van der Waals surface area contributed by atoms with Crippen molar-refractivity contribution in [2.24, 2.45) is 5.92 Å². The van der Waals surface area contributed by atoms with Crippen molar-refractivity contribution in [3.8, 4) is 0 Å². The van der Waals surface area contributed by atoms with Gasteiger partial charge in [-0.15, -0.1) is 0 Å². The van der Waals surface area contributed by atoms with Crippen molar-refractivity contribution in [1.29, 1.82) is 0 Å². The number of carbonyl (C=O) groups excluding carboxylic acids is 3. The number of likely N-dealkylation sites (tertiary alicyclic amines) is 2. The van der Waals surface area contributed by atoms with Gasteiger partial charge in [0.25, 0.3) is 5.91 Å². The Morgan fingerprint density at radius 3 is 2.34 bits per heavy atom. The molecule has 32 heavy (non-hydrogen) atoms. The van der Waals surface area contributed by atoms with Gasteiger partial charge in [0.05, 0.1) is 18.6 Å². The molecule has 2 heterocycles. The number of amides is 2. The number of ether oxygens (including phenoxy) is 1. The van der Waals surface area contributed by atoms with E-state index in [2.05, 4.69) is 0 Å². The monoisotopic (exact) mass is 434 g/mol. The fraction of sp³-hybridized carbons (Fsp3) is 0.423. The molecule has 6 nitrogen and oxygen atoms in total. The minimum absolute atomic E-state index is 0.0907. The number of hydrogen-bond donors (Lipinski definition) is 0. The molecular weight excluding hydrogens is 404 g/mol. The van der Waals surface area contributed by atoms with Crippen LogP contribution in [0.25, 0.3) is 0 Å². The third-order valence-electron chi connectivity index (χ3n) is 6.73. The van der Waals surface area contributed by atoms with E-state index in [1.165, 1.54) is 0 Å². The van der Waals surface area contributed by atoms with Crippen LogP contribution in [0.15, 0.2) is 60.7 Å². The molecular formula is C26H30N2O4. The predicted octanol–water partition coefficient (Wildman–Crippen LogP) is 3.83. The van der Waals surface area contributed by atoms with Gasteiger partial charge in [0.2, 0.25) is 5.91 Å². The lowest BCUT2D eigenvalue weighted by Gasteiger charge is -2.41. The maximum atomic E-state index is 14.0. The van der Waals surface area contributed by atoms with E-state index in [1.807, 2.05) is 48.5 Å². The Morgan fingerprint density at radius 2 is 1.69 bits per heavy atom. The number of benzene rings is 2. The highest BCUT2D eigenvalue weighted by Gasteiger charge is 2.61. The van der Waals surface area contributed by atoms with Gasteiger partial charge in [-0.25, -0.2) is 0 Å². The predicted molar refractivity (Wildman–Crippen MR) is 121 cm³/mol. The Kier molecular flexibility index (Phi) is 6.31. The summed E-state index contributed by atoms with van der Waals surface area (Å²) in [7, 11) is 1.79. The van der Waals surface area contributed by atoms with Crippen LogP contribution in [0.1, 0.15) is 54.6 Å². The van der Waals surface area contributed by atoms with Crippen LogP contribution in [0.2, 0.25) is 0 Å². The number of carbonyl (C=O) groups is 3. The second kappa shape index (κ2) is 9.15. The second-order valence-corrected chi connectivity index (χ2v) is 8.67. The third-order valence-corrected chi connectivity index (χ3v) is 6.73. The normalized spacial score (nSPS) is 25.6. The summed E-state index contributed by atoms with van der Waals surface area (Å²) in [4.78, 5) is 44.4. The van der Waals surface area contributed by atoms with Crippen molar-refractivity contribution in [2.45, 2.75) is 44.2 Å². The first-order valence-corrected chi connectivity index (χ1v) is 11.4. The van der Waals surface area contributed by atoms with Gasteiger partial charge in [0.1, 0.15) is 5.54 Å². The molecule has 6 heteroatoms. The zero-order chi connectivity index (χ0) is 22.7. The average molecular weight is 435 g/mol. The highest BCUT2D eigenvalue weighted by molar-refractivity contribution is 6.01. The van der Waals surface area contributed by atoms with E-state index in [-0.39, 0.29) is 30.8 Å². The molecule has 2 aliphatic rings. The zero-order valence-electron chi connectivity index (χ0n) is 18.7. The molecule has 2 fully saturated rings. The molecule has 2 saturated heterocycles. The molecule has 4 rings (SSSR count). The van der Waals surface area contributed by atoms with E-state index in [0.29, 0.717) is 18.5 Å². The SMILES string of the molecule is CCOC(=O)[C@H]1C[C@]2(CCCCN(C)C2=O)N(C(=O)c2ccccc2)[C@H]1c1ccccc1. The van der Waals surface area contributed by atoms with Gasteiger partial charge in [-0.1, -0.05) is 48.5 Å². The Balaban J connectivity index is 1.91. The zero-order valence-corrected chi connectivity index (χ0v) is 18.7. The number of nitrogens with zero attached hydrogens (tertiary/aromatic N) is 2. The van der Waals surface area contributed by atoms with Gasteiger partial charge in [-0.3, -0.25) is 14.4 Å². The molecule has 0 bridgehead atoms. The summed E-state index contributed by atoms with van der Waals surface area (Å²) >= 11 is 0. The van der Waals surface area contributed by atoms with Crippen LogP contribution in [0.4, 0.5) is 0 Å². The minimum Gasteiger partial charge on any atom is -0.466 e. The summed E-state index contributed by atoms with van der Waals surface area (Å²) < 4.78 is 5.44. The van der Waals surface area contributed by atoms with Gasteiger partial charge in [0.15, 0.2) is 0 Å². The van der Waals surface area contributed by atoms with Crippen molar-refractivity contribution < 1.29 is 19.1 Å². The largest absolute Gasteiger partial charge is 0.466 e. The summed E-state index contributed by atoms with van der Waals surface area (Å²) in [5, 5.41) is 0. The first-order chi connectivity index (χ1) is 15.5.